The molecule has 0 aliphatic carbocycles. The van der Waals surface area contributed by atoms with Crippen molar-refractivity contribution >= 4 is 25.9 Å². The summed E-state index contributed by atoms with van der Waals surface area (Å²) in [5.41, 5.74) is 0.757. The molecule has 0 N–H and O–H groups in total. The van der Waals surface area contributed by atoms with Gasteiger partial charge in [0.05, 0.1) is 24.1 Å². The largest absolute Gasteiger partial charge is 0.376 e. The van der Waals surface area contributed by atoms with Crippen LogP contribution in [-0.2, 0) is 36.0 Å². The first kappa shape index (κ1) is 22.2. The van der Waals surface area contributed by atoms with E-state index in [0.29, 0.717) is 5.56 Å². The second kappa shape index (κ2) is 7.62. The zero-order chi connectivity index (χ0) is 22.4. The Morgan fingerprint density at radius 2 is 2.03 bits per heavy atom. The Kier molecular flexibility index (Phi) is 5.63. The second-order valence-corrected chi connectivity index (χ2v) is 10.2. The molecule has 0 saturated heterocycles. The summed E-state index contributed by atoms with van der Waals surface area (Å²) in [4.78, 5) is 9.91. The van der Waals surface area contributed by atoms with Crippen LogP contribution in [0.1, 0.15) is 30.6 Å². The molecule has 1 atom stereocenters. The first-order valence-corrected chi connectivity index (χ1v) is 12.1. The normalized spacial score (nSPS) is 18.0. The van der Waals surface area contributed by atoms with Crippen molar-refractivity contribution in [3.63, 3.8) is 0 Å². The van der Waals surface area contributed by atoms with E-state index in [9.17, 15) is 21.6 Å². The van der Waals surface area contributed by atoms with Gasteiger partial charge in [-0.3, -0.25) is 0 Å². The lowest BCUT2D eigenvalue weighted by molar-refractivity contribution is 0.100. The van der Waals surface area contributed by atoms with Crippen molar-refractivity contribution in [2.75, 3.05) is 13.4 Å². The van der Waals surface area contributed by atoms with E-state index in [1.54, 1.807) is 13.8 Å². The van der Waals surface area contributed by atoms with Gasteiger partial charge < -0.3 is 8.92 Å². The fourth-order valence-electron chi connectivity index (χ4n) is 3.50. The number of fused-ring (bicyclic) bond motifs is 1. The van der Waals surface area contributed by atoms with Crippen molar-refractivity contribution in [1.82, 2.24) is 9.78 Å². The Morgan fingerprint density at radius 3 is 2.57 bits per heavy atom. The van der Waals surface area contributed by atoms with E-state index >= 15 is 4.39 Å². The molecule has 162 valence electrons. The molecule has 1 unspecified atom stereocenters. The van der Waals surface area contributed by atoms with Gasteiger partial charge in [0.1, 0.15) is 21.6 Å². The quantitative estimate of drug-likeness (QED) is 0.492. The molecule has 3 rings (SSSR count). The molecule has 0 amide bonds. The van der Waals surface area contributed by atoms with Crippen molar-refractivity contribution in [1.29, 1.82) is 0 Å². The maximum Gasteiger partial charge on any atom is 0.307 e. The van der Waals surface area contributed by atoms with Crippen LogP contribution in [0.25, 0.3) is 11.1 Å². The van der Waals surface area contributed by atoms with Gasteiger partial charge >= 0.3 is 10.1 Å². The van der Waals surface area contributed by atoms with Crippen LogP contribution >= 0.6 is 0 Å². The zero-order valence-electron chi connectivity index (χ0n) is 16.6. The maximum atomic E-state index is 15.1. The second-order valence-electron chi connectivity index (χ2n) is 6.70. The fourth-order valence-corrected chi connectivity index (χ4v) is 5.58. The minimum atomic E-state index is -4.38. The lowest BCUT2D eigenvalue weighted by atomic mass is 9.93. The van der Waals surface area contributed by atoms with E-state index in [1.807, 2.05) is 0 Å². The first-order valence-electron chi connectivity index (χ1n) is 8.76. The van der Waals surface area contributed by atoms with E-state index in [1.165, 1.54) is 23.9 Å². The molecular formula is C18H19FN2O7S2. The number of aromatic nitrogens is 2. The molecule has 9 nitrogen and oxygen atoms in total. The zero-order valence-corrected chi connectivity index (χ0v) is 18.2. The number of carbonyl (C=O) groups excluding carboxylic acids is 1. The molecule has 0 fully saturated rings. The van der Waals surface area contributed by atoms with Crippen molar-refractivity contribution in [3.05, 3.63) is 34.1 Å². The molecule has 30 heavy (non-hydrogen) atoms. The number of methoxy groups -OCH3 is 1. The Hall–Kier alpha value is -2.53. The number of aryl methyl sites for hydroxylation is 1. The highest BCUT2D eigenvalue weighted by molar-refractivity contribution is 7.95. The van der Waals surface area contributed by atoms with Gasteiger partial charge in [0.25, 0.3) is 0 Å². The average molecular weight is 458 g/mol. The van der Waals surface area contributed by atoms with Crippen LogP contribution in [0.15, 0.2) is 22.1 Å². The van der Waals surface area contributed by atoms with Crippen LogP contribution in [0, 0.1) is 12.7 Å². The monoisotopic (exact) mass is 458 g/mol. The lowest BCUT2D eigenvalue weighted by Gasteiger charge is -2.28. The highest BCUT2D eigenvalue weighted by Crippen LogP contribution is 2.46. The van der Waals surface area contributed by atoms with Crippen molar-refractivity contribution < 1.29 is 34.9 Å². The van der Waals surface area contributed by atoms with E-state index in [-0.39, 0.29) is 35.5 Å². The van der Waals surface area contributed by atoms with Gasteiger partial charge in [-0.15, -0.1) is 0 Å². The molecule has 1 aliphatic heterocycles. The van der Waals surface area contributed by atoms with E-state index in [0.717, 1.165) is 12.3 Å². The van der Waals surface area contributed by atoms with E-state index < -0.39 is 41.7 Å². The van der Waals surface area contributed by atoms with Gasteiger partial charge in [-0.25, -0.2) is 22.3 Å². The minimum absolute atomic E-state index is 0.0565. The number of hydrogen-bond acceptors (Lipinski definition) is 8. The smallest absolute Gasteiger partial charge is 0.307 e. The van der Waals surface area contributed by atoms with Crippen LogP contribution in [0.5, 0.6) is 5.88 Å². The molecule has 12 heteroatoms. The van der Waals surface area contributed by atoms with Crippen LogP contribution in [-0.4, -0.2) is 45.9 Å². The van der Waals surface area contributed by atoms with Gasteiger partial charge in [0.15, 0.2) is 0 Å². The third-order valence-electron chi connectivity index (χ3n) is 4.84. The summed E-state index contributed by atoms with van der Waals surface area (Å²) in [5, 5.41) is 4.07. The van der Waals surface area contributed by atoms with Gasteiger partial charge in [-0.2, -0.15) is 13.5 Å². The number of ether oxygens (including phenoxy) is 1. The maximum absolute atomic E-state index is 15.1. The van der Waals surface area contributed by atoms with Crippen LogP contribution in [0.3, 0.4) is 0 Å². The molecule has 0 radical (unpaired) electrons. The summed E-state index contributed by atoms with van der Waals surface area (Å²) >= 11 is 0. The molecule has 2 aromatic rings. The number of hydrogen-bond donors (Lipinski definition) is 0. The SMILES string of the molecule is CCn1ncc(-c2cc(F)c3c(c2C)C(OC)CC(=C=O)S3(=O)=O)c1OS(C)(=O)=O. The predicted octanol–water partition coefficient (Wildman–Crippen LogP) is 1.94. The third kappa shape index (κ3) is 3.56. The fraction of sp³-hybridized carbons (Fsp3) is 0.389. The summed E-state index contributed by atoms with van der Waals surface area (Å²) < 4.78 is 75.6. The number of rotatable bonds is 5. The number of halogens is 1. The van der Waals surface area contributed by atoms with Crippen LogP contribution < -0.4 is 4.18 Å². The molecular weight excluding hydrogens is 439 g/mol. The first-order chi connectivity index (χ1) is 14.0. The van der Waals surface area contributed by atoms with Crippen LogP contribution in [0.4, 0.5) is 4.39 Å². The Morgan fingerprint density at radius 1 is 1.37 bits per heavy atom. The molecule has 0 spiro atoms. The van der Waals surface area contributed by atoms with Gasteiger partial charge in [-0.05, 0) is 31.0 Å². The number of benzene rings is 1. The summed E-state index contributed by atoms with van der Waals surface area (Å²) in [6, 6.07) is 0.957. The highest BCUT2D eigenvalue weighted by atomic mass is 32.2. The molecule has 0 saturated carbocycles. The molecule has 0 bridgehead atoms. The topological polar surface area (TPSA) is 122 Å². The van der Waals surface area contributed by atoms with Crippen LogP contribution in [0.2, 0.25) is 0 Å². The van der Waals surface area contributed by atoms with Gasteiger partial charge in [-0.1, -0.05) is 0 Å². The number of nitrogens with zero attached hydrogens (tertiary/aromatic N) is 2. The molecule has 2 heterocycles. The Labute approximate surface area is 173 Å². The van der Waals surface area contributed by atoms with Gasteiger partial charge in [0, 0.05) is 25.6 Å². The highest BCUT2D eigenvalue weighted by Gasteiger charge is 2.40. The van der Waals surface area contributed by atoms with Crippen molar-refractivity contribution in [2.45, 2.75) is 37.8 Å². The van der Waals surface area contributed by atoms with E-state index in [2.05, 4.69) is 5.10 Å². The standard InChI is InChI=1S/C18H19FN2O7S2/c1-5-21-18(28-29(4,23)24)13(8-20-21)12-7-14(19)17-16(10(12)2)15(27-3)6-11(9-22)30(17,25)26/h7-8,15H,5-6H2,1-4H3. The van der Waals surface area contributed by atoms with E-state index in [4.69, 9.17) is 8.92 Å². The van der Waals surface area contributed by atoms with Crippen molar-refractivity contribution in [3.8, 4) is 17.0 Å². The van der Waals surface area contributed by atoms with Crippen molar-refractivity contribution in [2.24, 2.45) is 0 Å². The summed E-state index contributed by atoms with van der Waals surface area (Å²) in [5.74, 6) is 0.146. The predicted molar refractivity (Wildman–Crippen MR) is 104 cm³/mol. The minimum Gasteiger partial charge on any atom is -0.376 e. The molecule has 1 aromatic carbocycles. The average Bonchev–Trinajstić information content (AvgIpc) is 3.04. The summed E-state index contributed by atoms with van der Waals surface area (Å²) in [6.45, 7) is 3.55. The summed E-state index contributed by atoms with van der Waals surface area (Å²) in [7, 11) is -6.98. The molecule has 1 aliphatic rings. The number of sulfone groups is 1. The molecule has 1 aromatic heterocycles. The Bertz CT molecular complexity index is 1290. The lowest BCUT2D eigenvalue weighted by Crippen LogP contribution is -2.23. The summed E-state index contributed by atoms with van der Waals surface area (Å²) in [6.07, 6.45) is 0.980. The van der Waals surface area contributed by atoms with Gasteiger partial charge in [0.2, 0.25) is 15.7 Å². The Balaban J connectivity index is 2.37. The third-order valence-corrected chi connectivity index (χ3v) is 7.15.